The minimum Gasteiger partial charge on any atom is -1.00 e. The number of phenols is 1. The number of aliphatic hydroxyl groups excluding tert-OH is 12. The number of aromatic nitrogens is 16. The first kappa shape index (κ1) is 87.3. The number of nitrogens with two attached hydrogens (primary N) is 1. The summed E-state index contributed by atoms with van der Waals surface area (Å²) in [5.41, 5.74) is 12.4. The van der Waals surface area contributed by atoms with Crippen molar-refractivity contribution in [3.05, 3.63) is 170 Å². The van der Waals surface area contributed by atoms with Crippen LogP contribution in [0.5, 0.6) is 23.0 Å². The van der Waals surface area contributed by atoms with E-state index >= 15 is 0 Å². The van der Waals surface area contributed by atoms with Gasteiger partial charge in [-0.05, 0) is 77.4 Å². The minimum atomic E-state index is -1.28. The van der Waals surface area contributed by atoms with E-state index in [1.165, 1.54) is 76.0 Å². The number of nitrogen functional groups attached to an aromatic ring is 1. The molecule has 41 nitrogen and oxygen atoms in total. The van der Waals surface area contributed by atoms with Crippen LogP contribution >= 0.6 is 11.6 Å². The van der Waals surface area contributed by atoms with Gasteiger partial charge in [0.2, 0.25) is 0 Å². The van der Waals surface area contributed by atoms with E-state index in [-0.39, 0.29) is 60.6 Å². The van der Waals surface area contributed by atoms with Crippen LogP contribution in [0, 0.1) is 0 Å². The zero-order chi connectivity index (χ0) is 80.1. The molecule has 16 rings (SSSR count). The van der Waals surface area contributed by atoms with Gasteiger partial charge in [-0.25, -0.2) is 59.8 Å². The number of alkyl halides is 1. The number of imidazole rings is 4. The van der Waals surface area contributed by atoms with E-state index in [2.05, 4.69) is 75.8 Å². The fraction of sp³-hybridized carbons (Fsp3) is 0.366. The van der Waals surface area contributed by atoms with Crippen LogP contribution < -0.4 is 54.8 Å². The molecule has 16 atom stereocenters. The number of benzene rings is 4. The van der Waals surface area contributed by atoms with Crippen LogP contribution in [-0.4, -0.2) is 289 Å². The van der Waals surface area contributed by atoms with Crippen LogP contribution in [0.4, 0.5) is 23.3 Å². The standard InChI is InChI=1S/C18H19N5O6.C18H21N5O5.C17H19N5O5.C10H13N5O4.C8H9ClO.Al.Li.4H/c1-28-10-4-2-9(3-5-10)17(27)22-15-12-16(20-7-19-15)23(8-21-12)18-14(26)13(25)11(6-24)29-18;1-27-11-4-2-10(3-5-11)6-19-16-13-17(21-8-20-16)23(9-22-13)18-15(26)14(25)12(7-24)28-18;23-6-11-13(25)14(26)17(27-11)22-8-21-12-15(19-7-20-16(12)22)18-5-9-1-3-10(24)4-2-9;11-8-5-9(13-2-12-8)15(3-14-5)10-7(18)6(17)4(1-16)19-10;1-10-8-4-2-7(6-9)3-5-8;;;;;;/h2-5,7-8,11,13-14,18,24-26H,6H2,1H3,(H,19,20,22,27);2-5,8-9,12,14-15,18,24-26H,6-7H2,1H3,(H,19,20,21);1-4,7-8,11,13-14,17,23-26H,5-6H2,(H,18,19,20);2-4,6-7,10,16-18H,1H2,(H2,11,12,13);2-5H,6H2,1H3;;;;;;/q;;;;;;+1;;;;-1. The second-order valence-electron chi connectivity index (χ2n) is 25.5. The van der Waals surface area contributed by atoms with Gasteiger partial charge in [0.25, 0.3) is 5.91 Å². The number of hydrogen-bond acceptors (Lipinski definition) is 36. The molecule has 8 aromatic heterocycles. The number of carbonyl (C=O) groups excluding carboxylic acids is 1. The van der Waals surface area contributed by atoms with E-state index in [1.807, 2.05) is 48.5 Å². The van der Waals surface area contributed by atoms with Gasteiger partial charge in [-0.2, -0.15) is 0 Å². The largest absolute Gasteiger partial charge is 1.00 e. The summed E-state index contributed by atoms with van der Waals surface area (Å²) in [5, 5.41) is 136. The molecule has 0 bridgehead atoms. The predicted molar refractivity (Wildman–Crippen MR) is 408 cm³/mol. The van der Waals surface area contributed by atoms with Gasteiger partial charge in [0.1, 0.15) is 127 Å². The SMILES string of the molecule is COc1ccc(C(=O)Nc2ncnc3c2ncn3C2OC(CO)C(O)C2O)cc1.COc1ccc(CCl)cc1.COc1ccc(CNc2ncnc3c2ncn3C2OC(CO)C(O)C2O)cc1.Nc1ncnc2c1ncn2C1OC(CO)C(O)C1O.OCC1OC(n2cnc3c(NCc4ccc(O)cc4)ncnc32)C(O)C1O.[AlH3].[H-].[Li+]. The van der Waals surface area contributed by atoms with E-state index in [0.29, 0.717) is 81.1 Å². The molecule has 16 unspecified atom stereocenters. The Bertz CT molecular complexity index is 5100. The molecule has 1 amide bonds. The summed E-state index contributed by atoms with van der Waals surface area (Å²) >= 11 is 5.58. The molecule has 4 fully saturated rings. The zero-order valence-corrected chi connectivity index (χ0v) is 62.0. The second-order valence-corrected chi connectivity index (χ2v) is 25.8. The Morgan fingerprint density at radius 1 is 0.426 bits per heavy atom. The van der Waals surface area contributed by atoms with Crippen molar-refractivity contribution in [2.75, 3.05) is 69.4 Å². The van der Waals surface area contributed by atoms with Crippen LogP contribution in [-0.2, 0) is 37.9 Å². The molecule has 0 spiro atoms. The summed E-state index contributed by atoms with van der Waals surface area (Å²) in [4.78, 5) is 62.4. The average molecular weight is 1620 g/mol. The van der Waals surface area contributed by atoms with Crippen LogP contribution in [0.2, 0.25) is 0 Å². The average Bonchev–Trinajstić information content (AvgIpc) is 1.64. The quantitative estimate of drug-likeness (QED) is 0.0255. The third-order valence-electron chi connectivity index (χ3n) is 18.5. The van der Waals surface area contributed by atoms with Gasteiger partial charge in [-0.15, -0.1) is 11.6 Å². The molecule has 606 valence electrons. The number of carbonyl (C=O) groups is 1. The molecule has 0 saturated carbocycles. The van der Waals surface area contributed by atoms with E-state index in [1.54, 1.807) is 62.8 Å². The number of fused-ring (bicyclic) bond motifs is 4. The Kier molecular flexibility index (Phi) is 30.4. The molecule has 4 aliphatic rings. The number of anilines is 4. The van der Waals surface area contributed by atoms with Crippen molar-refractivity contribution in [3.63, 3.8) is 0 Å². The molecular formula is C71H85AlClLiN20O21. The van der Waals surface area contributed by atoms with Crippen LogP contribution in [0.1, 0.15) is 53.4 Å². The Morgan fingerprint density at radius 3 is 1.05 bits per heavy atom. The van der Waals surface area contributed by atoms with Crippen LogP contribution in [0.15, 0.2) is 148 Å². The smallest absolute Gasteiger partial charge is 1.00 e. The summed E-state index contributed by atoms with van der Waals surface area (Å²) in [6.07, 6.45) is -5.99. The van der Waals surface area contributed by atoms with Crippen molar-refractivity contribution in [1.82, 2.24) is 78.1 Å². The maximum atomic E-state index is 12.5. The van der Waals surface area contributed by atoms with Gasteiger partial charge in [0.05, 0.1) is 73.1 Å². The van der Waals surface area contributed by atoms with Crippen molar-refractivity contribution in [2.24, 2.45) is 0 Å². The summed E-state index contributed by atoms with van der Waals surface area (Å²) in [6, 6.07) is 28.7. The summed E-state index contributed by atoms with van der Waals surface area (Å²) in [5.74, 6) is 4.07. The Labute approximate surface area is 681 Å². The molecule has 12 aromatic rings. The van der Waals surface area contributed by atoms with Gasteiger partial charge < -0.3 is 123 Å². The third-order valence-corrected chi connectivity index (χ3v) is 18.9. The number of phenolic OH excluding ortho intramolecular Hbond substituents is 1. The van der Waals surface area contributed by atoms with Gasteiger partial charge in [-0.1, -0.05) is 36.4 Å². The molecule has 0 aliphatic carbocycles. The van der Waals surface area contributed by atoms with E-state index in [4.69, 9.17) is 55.6 Å². The van der Waals surface area contributed by atoms with Crippen molar-refractivity contribution in [1.29, 1.82) is 0 Å². The van der Waals surface area contributed by atoms with Gasteiger partial charge in [-0.3, -0.25) is 23.1 Å². The number of ether oxygens (including phenoxy) is 7. The third kappa shape index (κ3) is 19.4. The van der Waals surface area contributed by atoms with Gasteiger partial charge in [0.15, 0.2) is 105 Å². The monoisotopic (exact) mass is 1620 g/mol. The fourth-order valence-electron chi connectivity index (χ4n) is 12.3. The Morgan fingerprint density at radius 2 is 0.722 bits per heavy atom. The normalized spacial score (nSPS) is 23.9. The Balaban J connectivity index is 0.000000170. The number of amides is 1. The zero-order valence-electron chi connectivity index (χ0n) is 62.2. The van der Waals surface area contributed by atoms with E-state index in [9.17, 15) is 66.1 Å². The van der Waals surface area contributed by atoms with Crippen LogP contribution in [0.3, 0.4) is 0 Å². The number of nitrogens with zero attached hydrogens (tertiary/aromatic N) is 16. The van der Waals surface area contributed by atoms with Crippen molar-refractivity contribution in [2.45, 2.75) is 117 Å². The maximum Gasteiger partial charge on any atom is 1.00 e. The molecule has 18 N–H and O–H groups in total. The molecule has 4 aliphatic heterocycles. The number of methoxy groups -OCH3 is 3. The predicted octanol–water partition coefficient (Wildman–Crippen LogP) is -4.10. The number of nitrogens with one attached hydrogen (secondary N) is 3. The topological polar surface area (TPSA) is 581 Å². The molecule has 12 heterocycles. The fourth-order valence-corrected chi connectivity index (χ4v) is 12.5. The van der Waals surface area contributed by atoms with Crippen molar-refractivity contribution < 1.29 is 125 Å². The first-order valence-corrected chi connectivity index (χ1v) is 35.2. The number of halogens is 1. The summed E-state index contributed by atoms with van der Waals surface area (Å²) < 4.78 is 43.1. The molecule has 44 heteroatoms. The molecule has 4 aromatic carbocycles. The van der Waals surface area contributed by atoms with Crippen LogP contribution in [0.25, 0.3) is 44.7 Å². The number of rotatable bonds is 20. The maximum absolute atomic E-state index is 12.5. The summed E-state index contributed by atoms with van der Waals surface area (Å²) in [6.45, 7) is -0.650. The van der Waals surface area contributed by atoms with Gasteiger partial charge >= 0.3 is 18.9 Å². The van der Waals surface area contributed by atoms with E-state index < -0.39 is 130 Å². The first-order valence-electron chi connectivity index (χ1n) is 34.7. The summed E-state index contributed by atoms with van der Waals surface area (Å²) in [7, 11) is 4.81. The second kappa shape index (κ2) is 40.0. The number of aliphatic hydroxyl groups is 12. The molecule has 115 heavy (non-hydrogen) atoms. The van der Waals surface area contributed by atoms with Crippen molar-refractivity contribution in [3.8, 4) is 23.0 Å². The molecule has 0 radical (unpaired) electrons. The minimum absolute atomic E-state index is 0. The first-order chi connectivity index (χ1) is 54.7. The number of hydrogen-bond donors (Lipinski definition) is 17. The number of aromatic hydroxyl groups is 1. The Hall–Kier alpha value is -10.1. The van der Waals surface area contributed by atoms with Gasteiger partial charge in [0, 0.05) is 24.5 Å². The van der Waals surface area contributed by atoms with Crippen molar-refractivity contribution >= 4 is 103 Å². The molecule has 4 saturated heterocycles. The van der Waals surface area contributed by atoms with E-state index in [0.717, 1.165) is 28.2 Å². The molecular weight excluding hydrogens is 1540 g/mol.